The zero-order valence-electron chi connectivity index (χ0n) is 10.2. The van der Waals surface area contributed by atoms with Crippen molar-refractivity contribution < 1.29 is 9.53 Å². The number of nitrogens with zero attached hydrogens (tertiary/aromatic N) is 3. The molecule has 1 atom stereocenters. The van der Waals surface area contributed by atoms with Crippen molar-refractivity contribution in [2.75, 3.05) is 26.0 Å². The van der Waals surface area contributed by atoms with Crippen molar-refractivity contribution in [1.82, 2.24) is 15.1 Å². The second kappa shape index (κ2) is 4.51. The van der Waals surface area contributed by atoms with Gasteiger partial charge in [0.1, 0.15) is 0 Å². The third kappa shape index (κ3) is 1.99. The lowest BCUT2D eigenvalue weighted by molar-refractivity contribution is 0.0451. The maximum Gasteiger partial charge on any atom is 0.255 e. The van der Waals surface area contributed by atoms with E-state index in [9.17, 15) is 4.79 Å². The molecule has 2 aliphatic heterocycles. The molecule has 0 aliphatic carbocycles. The molecule has 3 heterocycles. The molecule has 2 saturated heterocycles. The number of carbonyl (C=O) groups excluding carboxylic acids is 1. The van der Waals surface area contributed by atoms with Crippen LogP contribution in [-0.2, 0) is 4.74 Å². The Kier molecular flexibility index (Phi) is 2.99. The zero-order valence-corrected chi connectivity index (χ0v) is 11.0. The summed E-state index contributed by atoms with van der Waals surface area (Å²) in [4.78, 5) is 14.0. The summed E-state index contributed by atoms with van der Waals surface area (Å²) in [6.07, 6.45) is 4.46. The molecule has 0 bridgehead atoms. The van der Waals surface area contributed by atoms with Crippen LogP contribution in [0.2, 0.25) is 0 Å². The fourth-order valence-electron chi connectivity index (χ4n) is 2.57. The molecule has 0 saturated carbocycles. The summed E-state index contributed by atoms with van der Waals surface area (Å²) in [5.74, 6) is 1.09. The van der Waals surface area contributed by atoms with Gasteiger partial charge in [0, 0.05) is 26.0 Å². The summed E-state index contributed by atoms with van der Waals surface area (Å²) < 4.78 is 5.61. The second-order valence-electron chi connectivity index (χ2n) is 4.85. The molecule has 2 aliphatic rings. The van der Waals surface area contributed by atoms with Gasteiger partial charge in [-0.05, 0) is 12.5 Å². The van der Waals surface area contributed by atoms with Crippen molar-refractivity contribution in [3.63, 3.8) is 0 Å². The topological polar surface area (TPSA) is 55.3 Å². The highest BCUT2D eigenvalue weighted by molar-refractivity contribution is 8.01. The van der Waals surface area contributed by atoms with E-state index in [-0.39, 0.29) is 10.7 Å². The summed E-state index contributed by atoms with van der Waals surface area (Å²) in [7, 11) is 1.76. The number of methoxy groups -OCH3 is 1. The van der Waals surface area contributed by atoms with Gasteiger partial charge in [-0.2, -0.15) is 10.2 Å². The van der Waals surface area contributed by atoms with Crippen LogP contribution < -0.4 is 0 Å². The van der Waals surface area contributed by atoms with Crippen LogP contribution in [0.1, 0.15) is 16.8 Å². The summed E-state index contributed by atoms with van der Waals surface area (Å²) in [5, 5.41) is 7.42. The minimum absolute atomic E-state index is 0.0528. The molecule has 0 radical (unpaired) electrons. The molecule has 0 aromatic carbocycles. The number of hydrogen-bond donors (Lipinski definition) is 0. The van der Waals surface area contributed by atoms with E-state index in [1.807, 2.05) is 16.7 Å². The molecule has 1 amide bonds. The molecule has 1 spiro atoms. The largest absolute Gasteiger partial charge is 0.381 e. The SMILES string of the molecule is CO[C@@H]1CSC2(C1)CN(C(=O)c1ccnnc1)C2. The number of ether oxygens (including phenoxy) is 1. The minimum Gasteiger partial charge on any atom is -0.381 e. The molecular formula is C12H15N3O2S. The number of amides is 1. The molecular weight excluding hydrogens is 250 g/mol. The van der Waals surface area contributed by atoms with Crippen molar-refractivity contribution in [2.24, 2.45) is 0 Å². The Morgan fingerprint density at radius 3 is 3.00 bits per heavy atom. The lowest BCUT2D eigenvalue weighted by Gasteiger charge is -2.47. The Hall–Kier alpha value is -1.14. The van der Waals surface area contributed by atoms with Crippen LogP contribution in [-0.4, -0.2) is 57.8 Å². The highest BCUT2D eigenvalue weighted by atomic mass is 32.2. The van der Waals surface area contributed by atoms with Crippen LogP contribution in [0.4, 0.5) is 0 Å². The lowest BCUT2D eigenvalue weighted by Crippen LogP contribution is -2.60. The summed E-state index contributed by atoms with van der Waals surface area (Å²) in [6.45, 7) is 1.64. The quantitative estimate of drug-likeness (QED) is 0.792. The second-order valence-corrected chi connectivity index (χ2v) is 6.34. The standard InChI is InChI=1S/C12H15N3O2S/c1-17-10-4-12(18-6-10)7-15(8-12)11(16)9-2-3-13-14-5-9/h2-3,5,10H,4,6-8H2,1H3/t10-/m0/s1. The Balaban J connectivity index is 1.61. The van der Waals surface area contributed by atoms with Gasteiger partial charge in [-0.3, -0.25) is 4.79 Å². The van der Waals surface area contributed by atoms with E-state index >= 15 is 0 Å². The highest BCUT2D eigenvalue weighted by Crippen LogP contribution is 2.46. The average Bonchev–Trinajstić information content (AvgIpc) is 2.82. The number of aromatic nitrogens is 2. The van der Waals surface area contributed by atoms with Crippen molar-refractivity contribution in [3.05, 3.63) is 24.0 Å². The van der Waals surface area contributed by atoms with Crippen LogP contribution in [0.3, 0.4) is 0 Å². The molecule has 18 heavy (non-hydrogen) atoms. The van der Waals surface area contributed by atoms with Crippen LogP contribution in [0.25, 0.3) is 0 Å². The first kappa shape index (κ1) is 11.9. The molecule has 0 unspecified atom stereocenters. The van der Waals surface area contributed by atoms with E-state index in [1.54, 1.807) is 19.4 Å². The van der Waals surface area contributed by atoms with E-state index in [4.69, 9.17) is 4.74 Å². The Labute approximate surface area is 110 Å². The molecule has 6 heteroatoms. The van der Waals surface area contributed by atoms with Gasteiger partial charge in [0.25, 0.3) is 5.91 Å². The number of hydrogen-bond acceptors (Lipinski definition) is 5. The first-order valence-corrected chi connectivity index (χ1v) is 6.94. The fourth-order valence-corrected chi connectivity index (χ4v) is 4.16. The fraction of sp³-hybridized carbons (Fsp3) is 0.583. The molecule has 96 valence electrons. The molecule has 1 aromatic rings. The van der Waals surface area contributed by atoms with Crippen molar-refractivity contribution in [2.45, 2.75) is 17.3 Å². The molecule has 1 aromatic heterocycles. The third-order valence-corrected chi connectivity index (χ3v) is 5.16. The zero-order chi connectivity index (χ0) is 12.6. The van der Waals surface area contributed by atoms with Crippen LogP contribution in [0.15, 0.2) is 18.5 Å². The van der Waals surface area contributed by atoms with Gasteiger partial charge >= 0.3 is 0 Å². The summed E-state index contributed by atoms with van der Waals surface area (Å²) >= 11 is 1.93. The van der Waals surface area contributed by atoms with Gasteiger partial charge in [-0.25, -0.2) is 0 Å². The van der Waals surface area contributed by atoms with E-state index in [0.29, 0.717) is 11.7 Å². The van der Waals surface area contributed by atoms with Crippen molar-refractivity contribution >= 4 is 17.7 Å². The maximum atomic E-state index is 12.1. The minimum atomic E-state index is 0.0528. The number of carbonyl (C=O) groups is 1. The van der Waals surface area contributed by atoms with Gasteiger partial charge in [0.05, 0.1) is 28.8 Å². The average molecular weight is 265 g/mol. The molecule has 2 fully saturated rings. The lowest BCUT2D eigenvalue weighted by atomic mass is 9.92. The van der Waals surface area contributed by atoms with Crippen LogP contribution >= 0.6 is 11.8 Å². The Morgan fingerprint density at radius 1 is 1.56 bits per heavy atom. The van der Waals surface area contributed by atoms with E-state index in [1.165, 1.54) is 6.20 Å². The van der Waals surface area contributed by atoms with Crippen molar-refractivity contribution in [3.8, 4) is 0 Å². The number of likely N-dealkylation sites (tertiary alicyclic amines) is 1. The number of rotatable bonds is 2. The molecule has 0 N–H and O–H groups in total. The first-order valence-electron chi connectivity index (χ1n) is 5.95. The van der Waals surface area contributed by atoms with Gasteiger partial charge in [-0.1, -0.05) is 0 Å². The van der Waals surface area contributed by atoms with Gasteiger partial charge in [0.2, 0.25) is 0 Å². The normalized spacial score (nSPS) is 25.2. The third-order valence-electron chi connectivity index (χ3n) is 3.58. The van der Waals surface area contributed by atoms with Gasteiger partial charge < -0.3 is 9.64 Å². The molecule has 5 nitrogen and oxygen atoms in total. The van der Waals surface area contributed by atoms with Crippen molar-refractivity contribution in [1.29, 1.82) is 0 Å². The van der Waals surface area contributed by atoms with E-state index in [0.717, 1.165) is 25.3 Å². The number of thioether (sulfide) groups is 1. The Morgan fingerprint density at radius 2 is 2.39 bits per heavy atom. The predicted octanol–water partition coefficient (Wildman–Crippen LogP) is 0.823. The molecule has 3 rings (SSSR count). The first-order chi connectivity index (χ1) is 8.72. The monoisotopic (exact) mass is 265 g/mol. The van der Waals surface area contributed by atoms with E-state index < -0.39 is 0 Å². The van der Waals surface area contributed by atoms with Gasteiger partial charge in [-0.15, -0.1) is 11.8 Å². The van der Waals surface area contributed by atoms with E-state index in [2.05, 4.69) is 10.2 Å². The summed E-state index contributed by atoms with van der Waals surface area (Å²) in [5.41, 5.74) is 0.617. The smallest absolute Gasteiger partial charge is 0.255 e. The van der Waals surface area contributed by atoms with Crippen LogP contribution in [0.5, 0.6) is 0 Å². The predicted molar refractivity (Wildman–Crippen MR) is 68.5 cm³/mol. The van der Waals surface area contributed by atoms with Crippen LogP contribution in [0, 0.1) is 0 Å². The van der Waals surface area contributed by atoms with Gasteiger partial charge in [0.15, 0.2) is 0 Å². The Bertz CT molecular complexity index is 448. The maximum absolute atomic E-state index is 12.1. The summed E-state index contributed by atoms with van der Waals surface area (Å²) in [6, 6.07) is 1.71. The highest BCUT2D eigenvalue weighted by Gasteiger charge is 2.50.